The maximum absolute atomic E-state index is 10.9. The second-order valence-corrected chi connectivity index (χ2v) is 5.41. The zero-order valence-electron chi connectivity index (χ0n) is 10.4. The van der Waals surface area contributed by atoms with Crippen LogP contribution in [0.4, 0.5) is 11.4 Å². The van der Waals surface area contributed by atoms with Crippen LogP contribution in [0.15, 0.2) is 22.7 Å². The first-order valence-corrected chi connectivity index (χ1v) is 6.55. The van der Waals surface area contributed by atoms with E-state index in [1.54, 1.807) is 19.1 Å². The lowest BCUT2D eigenvalue weighted by Gasteiger charge is -2.15. The lowest BCUT2D eigenvalue weighted by Crippen LogP contribution is -2.16. The first kappa shape index (κ1) is 14.9. The third kappa shape index (κ3) is 4.62. The summed E-state index contributed by atoms with van der Waals surface area (Å²) in [6, 6.07) is 4.79. The molecule has 18 heavy (non-hydrogen) atoms. The van der Waals surface area contributed by atoms with Gasteiger partial charge in [-0.15, -0.1) is 0 Å². The maximum atomic E-state index is 10.9. The van der Waals surface area contributed by atoms with Crippen molar-refractivity contribution < 1.29 is 10.0 Å². The van der Waals surface area contributed by atoms with Gasteiger partial charge >= 0.3 is 0 Å². The summed E-state index contributed by atoms with van der Waals surface area (Å²) in [4.78, 5) is 10.5. The Morgan fingerprint density at radius 3 is 2.72 bits per heavy atom. The van der Waals surface area contributed by atoms with E-state index in [1.165, 1.54) is 6.07 Å². The average Bonchev–Trinajstić information content (AvgIpc) is 2.25. The normalized spacial score (nSPS) is 14.0. The fraction of sp³-hybridized carbons (Fsp3) is 0.500. The molecular formula is C12H17BrN2O3. The van der Waals surface area contributed by atoms with Crippen LogP contribution in [0.1, 0.15) is 20.3 Å². The van der Waals surface area contributed by atoms with Gasteiger partial charge in [0.1, 0.15) is 5.69 Å². The van der Waals surface area contributed by atoms with Gasteiger partial charge in [0, 0.05) is 17.1 Å². The molecule has 2 unspecified atom stereocenters. The van der Waals surface area contributed by atoms with Crippen LogP contribution in [-0.4, -0.2) is 22.7 Å². The van der Waals surface area contributed by atoms with Crippen LogP contribution in [0.3, 0.4) is 0 Å². The Morgan fingerprint density at radius 1 is 1.50 bits per heavy atom. The Hall–Kier alpha value is -1.14. The molecule has 0 aliphatic heterocycles. The van der Waals surface area contributed by atoms with E-state index in [2.05, 4.69) is 21.2 Å². The summed E-state index contributed by atoms with van der Waals surface area (Å²) >= 11 is 3.29. The Kier molecular flexibility index (Phi) is 5.55. The largest absolute Gasteiger partial charge is 0.393 e. The molecular weight excluding hydrogens is 300 g/mol. The van der Waals surface area contributed by atoms with E-state index in [0.717, 1.165) is 4.47 Å². The summed E-state index contributed by atoms with van der Waals surface area (Å²) in [6.45, 7) is 4.31. The van der Waals surface area contributed by atoms with Crippen molar-refractivity contribution in [3.8, 4) is 0 Å². The molecule has 0 saturated heterocycles. The van der Waals surface area contributed by atoms with Crippen molar-refractivity contribution in [2.75, 3.05) is 11.9 Å². The molecule has 0 aliphatic rings. The van der Waals surface area contributed by atoms with Crippen LogP contribution in [0.5, 0.6) is 0 Å². The van der Waals surface area contributed by atoms with Gasteiger partial charge in [0.25, 0.3) is 5.69 Å². The highest BCUT2D eigenvalue weighted by atomic mass is 79.9. The zero-order valence-corrected chi connectivity index (χ0v) is 12.0. The van der Waals surface area contributed by atoms with Crippen LogP contribution < -0.4 is 5.32 Å². The maximum Gasteiger partial charge on any atom is 0.292 e. The first-order chi connectivity index (χ1) is 8.40. The molecule has 100 valence electrons. The molecule has 2 N–H and O–H groups in total. The minimum Gasteiger partial charge on any atom is -0.393 e. The van der Waals surface area contributed by atoms with Gasteiger partial charge in [0.05, 0.1) is 11.0 Å². The number of hydrogen-bond donors (Lipinski definition) is 2. The van der Waals surface area contributed by atoms with E-state index in [9.17, 15) is 15.2 Å². The quantitative estimate of drug-likeness (QED) is 0.624. The summed E-state index contributed by atoms with van der Waals surface area (Å²) < 4.78 is 0.791. The number of rotatable bonds is 6. The van der Waals surface area contributed by atoms with Gasteiger partial charge in [0.15, 0.2) is 0 Å². The lowest BCUT2D eigenvalue weighted by molar-refractivity contribution is -0.384. The standard InChI is InChI=1S/C12H17BrN2O3/c1-8(5-9(2)16)7-14-11-6-10(13)3-4-12(11)15(17)18/h3-4,6,8-9,14,16H,5,7H2,1-2H3. The monoisotopic (exact) mass is 316 g/mol. The first-order valence-electron chi connectivity index (χ1n) is 5.76. The number of nitro groups is 1. The van der Waals surface area contributed by atoms with Crippen molar-refractivity contribution >= 4 is 27.3 Å². The van der Waals surface area contributed by atoms with Gasteiger partial charge in [-0.1, -0.05) is 22.9 Å². The molecule has 0 saturated carbocycles. The molecule has 1 aromatic rings. The van der Waals surface area contributed by atoms with Gasteiger partial charge in [-0.2, -0.15) is 0 Å². The fourth-order valence-corrected chi connectivity index (χ4v) is 2.12. The topological polar surface area (TPSA) is 75.4 Å². The van der Waals surface area contributed by atoms with Crippen LogP contribution in [0, 0.1) is 16.0 Å². The Bertz CT molecular complexity index is 424. The number of anilines is 1. The second-order valence-electron chi connectivity index (χ2n) is 4.49. The molecule has 5 nitrogen and oxygen atoms in total. The van der Waals surface area contributed by atoms with E-state index >= 15 is 0 Å². The van der Waals surface area contributed by atoms with Gasteiger partial charge < -0.3 is 10.4 Å². The number of hydrogen-bond acceptors (Lipinski definition) is 4. The van der Waals surface area contributed by atoms with Crippen LogP contribution in [0.2, 0.25) is 0 Å². The highest BCUT2D eigenvalue weighted by Gasteiger charge is 2.14. The van der Waals surface area contributed by atoms with Crippen LogP contribution in [-0.2, 0) is 0 Å². The molecule has 0 aliphatic carbocycles. The highest BCUT2D eigenvalue weighted by molar-refractivity contribution is 9.10. The zero-order chi connectivity index (χ0) is 13.7. The third-order valence-corrected chi connectivity index (χ3v) is 3.03. The molecule has 0 heterocycles. The number of aliphatic hydroxyl groups is 1. The minimum atomic E-state index is -0.409. The van der Waals surface area contributed by atoms with Gasteiger partial charge in [-0.05, 0) is 31.4 Å². The highest BCUT2D eigenvalue weighted by Crippen LogP contribution is 2.28. The molecule has 6 heteroatoms. The number of benzene rings is 1. The average molecular weight is 317 g/mol. The molecule has 1 rings (SSSR count). The van der Waals surface area contributed by atoms with Crippen molar-refractivity contribution in [2.45, 2.75) is 26.4 Å². The predicted molar refractivity (Wildman–Crippen MR) is 74.7 cm³/mol. The van der Waals surface area contributed by atoms with Crippen molar-refractivity contribution in [3.05, 3.63) is 32.8 Å². The summed E-state index contributed by atoms with van der Waals surface area (Å²) in [5.74, 6) is 0.239. The van der Waals surface area contributed by atoms with E-state index < -0.39 is 4.92 Å². The number of aliphatic hydroxyl groups excluding tert-OH is 1. The number of nitrogens with zero attached hydrogens (tertiary/aromatic N) is 1. The Morgan fingerprint density at radius 2 is 2.17 bits per heavy atom. The molecule has 0 bridgehead atoms. The fourth-order valence-electron chi connectivity index (χ4n) is 1.76. The van der Waals surface area contributed by atoms with Gasteiger partial charge in [-0.25, -0.2) is 0 Å². The van der Waals surface area contributed by atoms with Crippen molar-refractivity contribution in [3.63, 3.8) is 0 Å². The summed E-state index contributed by atoms with van der Waals surface area (Å²) in [7, 11) is 0. The predicted octanol–water partition coefficient (Wildman–Crippen LogP) is 3.18. The number of nitro benzene ring substituents is 1. The molecule has 0 amide bonds. The van der Waals surface area contributed by atoms with E-state index in [-0.39, 0.29) is 17.7 Å². The van der Waals surface area contributed by atoms with Gasteiger partial charge in [-0.3, -0.25) is 10.1 Å². The van der Waals surface area contributed by atoms with E-state index in [1.807, 2.05) is 6.92 Å². The third-order valence-electron chi connectivity index (χ3n) is 2.54. The van der Waals surface area contributed by atoms with Crippen molar-refractivity contribution in [1.82, 2.24) is 0 Å². The van der Waals surface area contributed by atoms with E-state index in [0.29, 0.717) is 18.7 Å². The number of nitrogens with one attached hydrogen (secondary N) is 1. The van der Waals surface area contributed by atoms with Crippen molar-refractivity contribution in [2.24, 2.45) is 5.92 Å². The summed E-state index contributed by atoms with van der Waals surface area (Å²) in [6.07, 6.45) is 0.300. The van der Waals surface area contributed by atoms with Crippen LogP contribution in [0.25, 0.3) is 0 Å². The SMILES string of the molecule is CC(O)CC(C)CNc1cc(Br)ccc1[N+](=O)[O-]. The number of halogens is 1. The van der Waals surface area contributed by atoms with Gasteiger partial charge in [0.2, 0.25) is 0 Å². The van der Waals surface area contributed by atoms with Crippen LogP contribution >= 0.6 is 15.9 Å². The Balaban J connectivity index is 2.71. The lowest BCUT2D eigenvalue weighted by atomic mass is 10.0. The molecule has 0 spiro atoms. The molecule has 1 aromatic carbocycles. The minimum absolute atomic E-state index is 0.0578. The summed E-state index contributed by atoms with van der Waals surface area (Å²) in [5, 5.41) is 23.2. The molecule has 0 radical (unpaired) electrons. The molecule has 0 aromatic heterocycles. The summed E-state index contributed by atoms with van der Waals surface area (Å²) in [5.41, 5.74) is 0.550. The van der Waals surface area contributed by atoms with Crippen molar-refractivity contribution in [1.29, 1.82) is 0 Å². The molecule has 2 atom stereocenters. The van der Waals surface area contributed by atoms with E-state index in [4.69, 9.17) is 0 Å². The Labute approximate surface area is 114 Å². The smallest absolute Gasteiger partial charge is 0.292 e. The molecule has 0 fully saturated rings. The second kappa shape index (κ2) is 6.70.